The third-order valence-electron chi connectivity index (χ3n) is 2.12. The summed E-state index contributed by atoms with van der Waals surface area (Å²) in [4.78, 5) is 0. The predicted octanol–water partition coefficient (Wildman–Crippen LogP) is 4.59. The van der Waals surface area contributed by atoms with Crippen molar-refractivity contribution in [3.8, 4) is 0 Å². The van der Waals surface area contributed by atoms with Gasteiger partial charge in [-0.3, -0.25) is 0 Å². The smallest absolute Gasteiger partial charge is 0.0332 e. The second-order valence-corrected chi connectivity index (χ2v) is 4.94. The van der Waals surface area contributed by atoms with Crippen LogP contribution in [0.15, 0.2) is 47.6 Å². The molecule has 0 saturated carbocycles. The number of hydrogen-bond donors (Lipinski definition) is 0. The molecule has 1 aliphatic carbocycles. The minimum Gasteiger partial charge on any atom is -0.0871 e. The Morgan fingerprint density at radius 1 is 1.64 bits per heavy atom. The predicted molar refractivity (Wildman–Crippen MR) is 72.8 cm³/mol. The lowest BCUT2D eigenvalue weighted by atomic mass is 9.98. The van der Waals surface area contributed by atoms with Crippen molar-refractivity contribution in [2.45, 2.75) is 30.6 Å². The molecule has 1 atom stereocenters. The summed E-state index contributed by atoms with van der Waals surface area (Å²) >= 11 is 2.48. The molecule has 14 heavy (non-hydrogen) atoms. The van der Waals surface area contributed by atoms with Crippen LogP contribution < -0.4 is 0 Å². The van der Waals surface area contributed by atoms with Gasteiger partial charge >= 0.3 is 0 Å². The van der Waals surface area contributed by atoms with Gasteiger partial charge in [0, 0.05) is 3.92 Å². The van der Waals surface area contributed by atoms with Gasteiger partial charge in [-0.15, -0.1) is 0 Å². The molecule has 0 aromatic rings. The first-order valence-electron chi connectivity index (χ1n) is 5.13. The average molecular weight is 300 g/mol. The highest BCUT2D eigenvalue weighted by Crippen LogP contribution is 2.23. The van der Waals surface area contributed by atoms with Crippen LogP contribution in [0.3, 0.4) is 0 Å². The standard InChI is InChI=1S/C13H17I/c1-3-6-11(7-4-2)12-8-5-9-13(14)10-12/h3,5-8,10,13H,4,9H2,1-2H3/b6-3-,11-7+. The molecule has 0 N–H and O–H groups in total. The Morgan fingerprint density at radius 2 is 2.43 bits per heavy atom. The van der Waals surface area contributed by atoms with E-state index in [4.69, 9.17) is 0 Å². The number of allylic oxidation sites excluding steroid dienone is 8. The Balaban J connectivity index is 2.88. The van der Waals surface area contributed by atoms with Crippen LogP contribution in [0.1, 0.15) is 26.7 Å². The second kappa shape index (κ2) is 6.23. The highest BCUT2D eigenvalue weighted by Gasteiger charge is 2.06. The topological polar surface area (TPSA) is 0 Å². The van der Waals surface area contributed by atoms with Gasteiger partial charge in [-0.05, 0) is 30.9 Å². The van der Waals surface area contributed by atoms with Crippen molar-refractivity contribution in [2.24, 2.45) is 0 Å². The molecule has 0 aliphatic heterocycles. The van der Waals surface area contributed by atoms with Crippen LogP contribution in [-0.2, 0) is 0 Å². The molecule has 0 bridgehead atoms. The van der Waals surface area contributed by atoms with Gasteiger partial charge in [-0.1, -0.05) is 66.0 Å². The Hall–Kier alpha value is -0.310. The van der Waals surface area contributed by atoms with Crippen molar-refractivity contribution in [2.75, 3.05) is 0 Å². The van der Waals surface area contributed by atoms with Gasteiger partial charge in [0.2, 0.25) is 0 Å². The molecule has 0 saturated heterocycles. The fourth-order valence-corrected chi connectivity index (χ4v) is 2.20. The molecule has 0 aromatic carbocycles. The fraction of sp³-hybridized carbons (Fsp3) is 0.385. The van der Waals surface area contributed by atoms with Crippen molar-refractivity contribution >= 4 is 22.6 Å². The molecule has 1 heteroatoms. The zero-order chi connectivity index (χ0) is 10.4. The molecular weight excluding hydrogens is 283 g/mol. The molecule has 0 amide bonds. The van der Waals surface area contributed by atoms with Crippen LogP contribution >= 0.6 is 22.6 Å². The van der Waals surface area contributed by atoms with Crippen LogP contribution in [0.25, 0.3) is 0 Å². The molecule has 0 nitrogen and oxygen atoms in total. The van der Waals surface area contributed by atoms with Gasteiger partial charge in [-0.2, -0.15) is 0 Å². The van der Waals surface area contributed by atoms with Crippen molar-refractivity contribution in [1.82, 2.24) is 0 Å². The van der Waals surface area contributed by atoms with Gasteiger partial charge < -0.3 is 0 Å². The van der Waals surface area contributed by atoms with Crippen molar-refractivity contribution in [1.29, 1.82) is 0 Å². The molecule has 0 fully saturated rings. The first kappa shape index (κ1) is 11.8. The summed E-state index contributed by atoms with van der Waals surface area (Å²) < 4.78 is 0.651. The summed E-state index contributed by atoms with van der Waals surface area (Å²) in [7, 11) is 0. The van der Waals surface area contributed by atoms with Crippen LogP contribution in [0.5, 0.6) is 0 Å². The highest BCUT2D eigenvalue weighted by molar-refractivity contribution is 14.1. The summed E-state index contributed by atoms with van der Waals surface area (Å²) in [6.45, 7) is 4.25. The van der Waals surface area contributed by atoms with E-state index in [1.54, 1.807) is 0 Å². The van der Waals surface area contributed by atoms with Gasteiger partial charge in [0.25, 0.3) is 0 Å². The molecule has 1 unspecified atom stereocenters. The maximum absolute atomic E-state index is 2.48. The van der Waals surface area contributed by atoms with E-state index in [-0.39, 0.29) is 0 Å². The van der Waals surface area contributed by atoms with E-state index < -0.39 is 0 Å². The molecule has 1 rings (SSSR count). The van der Waals surface area contributed by atoms with Crippen LogP contribution in [0.2, 0.25) is 0 Å². The molecular formula is C13H17I. The van der Waals surface area contributed by atoms with E-state index in [1.165, 1.54) is 17.6 Å². The summed E-state index contributed by atoms with van der Waals surface area (Å²) in [5.74, 6) is 0. The molecule has 0 radical (unpaired) electrons. The van der Waals surface area contributed by atoms with Gasteiger partial charge in [0.15, 0.2) is 0 Å². The number of hydrogen-bond acceptors (Lipinski definition) is 0. The quantitative estimate of drug-likeness (QED) is 0.406. The molecule has 0 spiro atoms. The Labute approximate surface area is 101 Å². The maximum atomic E-state index is 2.48. The minimum absolute atomic E-state index is 0.651. The first-order valence-corrected chi connectivity index (χ1v) is 6.38. The summed E-state index contributed by atoms with van der Waals surface area (Å²) in [6.07, 6.45) is 15.7. The zero-order valence-electron chi connectivity index (χ0n) is 8.83. The van der Waals surface area contributed by atoms with E-state index in [0.717, 1.165) is 6.42 Å². The van der Waals surface area contributed by atoms with Crippen LogP contribution in [0.4, 0.5) is 0 Å². The monoisotopic (exact) mass is 300 g/mol. The van der Waals surface area contributed by atoms with Crippen molar-refractivity contribution in [3.05, 3.63) is 47.6 Å². The average Bonchev–Trinajstić information content (AvgIpc) is 2.17. The molecule has 76 valence electrons. The molecule has 0 aromatic heterocycles. The van der Waals surface area contributed by atoms with Crippen LogP contribution in [0, 0.1) is 0 Å². The van der Waals surface area contributed by atoms with E-state index in [2.05, 4.69) is 72.9 Å². The Morgan fingerprint density at radius 3 is 3.00 bits per heavy atom. The van der Waals surface area contributed by atoms with Crippen molar-refractivity contribution < 1.29 is 0 Å². The SMILES string of the molecule is C/C=C\C(=C/CC)C1=CC(I)CC=C1. The summed E-state index contributed by atoms with van der Waals surface area (Å²) in [6, 6.07) is 0. The Kier molecular flexibility index (Phi) is 5.23. The Bertz CT molecular complexity index is 290. The zero-order valence-corrected chi connectivity index (χ0v) is 11.0. The largest absolute Gasteiger partial charge is 0.0871 e. The van der Waals surface area contributed by atoms with E-state index in [1.807, 2.05) is 0 Å². The summed E-state index contributed by atoms with van der Waals surface area (Å²) in [5, 5.41) is 0. The second-order valence-electron chi connectivity index (χ2n) is 3.34. The lowest BCUT2D eigenvalue weighted by Gasteiger charge is -2.12. The van der Waals surface area contributed by atoms with Gasteiger partial charge in [0.05, 0.1) is 0 Å². The third-order valence-corrected chi connectivity index (χ3v) is 2.99. The fourth-order valence-electron chi connectivity index (χ4n) is 1.52. The van der Waals surface area contributed by atoms with Gasteiger partial charge in [-0.25, -0.2) is 0 Å². The first-order chi connectivity index (χ1) is 6.77. The van der Waals surface area contributed by atoms with E-state index in [9.17, 15) is 0 Å². The number of alkyl halides is 1. The van der Waals surface area contributed by atoms with E-state index in [0.29, 0.717) is 3.92 Å². The lowest BCUT2D eigenvalue weighted by molar-refractivity contribution is 1.07. The maximum Gasteiger partial charge on any atom is 0.0332 e. The highest BCUT2D eigenvalue weighted by atomic mass is 127. The van der Waals surface area contributed by atoms with Gasteiger partial charge in [0.1, 0.15) is 0 Å². The lowest BCUT2D eigenvalue weighted by Crippen LogP contribution is -1.98. The number of halogens is 1. The van der Waals surface area contributed by atoms with E-state index >= 15 is 0 Å². The third kappa shape index (κ3) is 3.45. The normalized spacial score (nSPS) is 22.9. The number of rotatable bonds is 3. The molecule has 0 heterocycles. The molecule has 1 aliphatic rings. The van der Waals surface area contributed by atoms with Crippen LogP contribution in [-0.4, -0.2) is 3.92 Å². The summed E-state index contributed by atoms with van der Waals surface area (Å²) in [5.41, 5.74) is 2.73. The minimum atomic E-state index is 0.651. The van der Waals surface area contributed by atoms with Crippen molar-refractivity contribution in [3.63, 3.8) is 0 Å².